The lowest BCUT2D eigenvalue weighted by Gasteiger charge is -2.07. The van der Waals surface area contributed by atoms with Crippen molar-refractivity contribution >= 4 is 27.5 Å². The first-order chi connectivity index (χ1) is 8.60. The number of anilines is 1. The Balaban J connectivity index is 2.31. The van der Waals surface area contributed by atoms with Crippen LogP contribution in [0, 0.1) is 6.92 Å². The van der Waals surface area contributed by atoms with E-state index in [2.05, 4.69) is 22.0 Å². The fraction of sp³-hybridized carbons (Fsp3) is 0.333. The van der Waals surface area contributed by atoms with E-state index >= 15 is 0 Å². The molecule has 2 aromatic heterocycles. The minimum atomic E-state index is 0.370. The summed E-state index contributed by atoms with van der Waals surface area (Å²) in [6, 6.07) is 2.02. The highest BCUT2D eigenvalue weighted by molar-refractivity contribution is 7.18. The van der Waals surface area contributed by atoms with Crippen LogP contribution in [0.5, 0.6) is 5.88 Å². The van der Waals surface area contributed by atoms with Crippen LogP contribution in [0.2, 0.25) is 0 Å². The molecule has 96 valence electrons. The van der Waals surface area contributed by atoms with Crippen molar-refractivity contribution in [1.82, 2.24) is 9.97 Å². The van der Waals surface area contributed by atoms with E-state index in [-0.39, 0.29) is 0 Å². The molecule has 0 fully saturated rings. The molecule has 0 bridgehead atoms. The second-order valence-corrected chi connectivity index (χ2v) is 5.36. The Bertz CT molecular complexity index is 579. The van der Waals surface area contributed by atoms with Gasteiger partial charge >= 0.3 is 0 Å². The molecule has 6 heteroatoms. The molecule has 3 N–H and O–H groups in total. The first-order valence-corrected chi connectivity index (χ1v) is 6.44. The minimum absolute atomic E-state index is 0.370. The molecule has 0 amide bonds. The summed E-state index contributed by atoms with van der Waals surface area (Å²) in [6.07, 6.45) is 0.806. The summed E-state index contributed by atoms with van der Waals surface area (Å²) in [7, 11) is 0. The molecule has 0 unspecified atom stereocenters. The topological polar surface area (TPSA) is 73.1 Å². The van der Waals surface area contributed by atoms with Crippen LogP contribution >= 0.6 is 11.3 Å². The Morgan fingerprint density at radius 2 is 2.33 bits per heavy atom. The minimum Gasteiger partial charge on any atom is -0.477 e. The zero-order chi connectivity index (χ0) is 13.1. The van der Waals surface area contributed by atoms with Gasteiger partial charge in [0.25, 0.3) is 0 Å². The predicted octanol–water partition coefficient (Wildman–Crippen LogP) is 2.63. The summed E-state index contributed by atoms with van der Waals surface area (Å²) in [6.45, 7) is 8.40. The molecule has 0 atom stereocenters. The van der Waals surface area contributed by atoms with Crippen LogP contribution in [-0.4, -0.2) is 16.6 Å². The number of aromatic nitrogens is 2. The van der Waals surface area contributed by atoms with Gasteiger partial charge in [-0.3, -0.25) is 5.43 Å². The van der Waals surface area contributed by atoms with Gasteiger partial charge in [-0.2, -0.15) is 4.98 Å². The third-order valence-corrected chi connectivity index (χ3v) is 3.32. The lowest BCUT2D eigenvalue weighted by atomic mass is 10.3. The molecule has 0 aliphatic rings. The van der Waals surface area contributed by atoms with Crippen molar-refractivity contribution in [2.75, 3.05) is 12.0 Å². The number of hydrogen-bond donors (Lipinski definition) is 2. The predicted molar refractivity (Wildman–Crippen MR) is 74.9 cm³/mol. The van der Waals surface area contributed by atoms with Gasteiger partial charge in [-0.25, -0.2) is 10.8 Å². The van der Waals surface area contributed by atoms with Gasteiger partial charge in [-0.1, -0.05) is 5.57 Å². The molecule has 0 saturated heterocycles. The molecule has 2 aromatic rings. The van der Waals surface area contributed by atoms with Crippen LogP contribution in [0.25, 0.3) is 10.2 Å². The van der Waals surface area contributed by atoms with Crippen LogP contribution < -0.4 is 16.0 Å². The molecule has 2 heterocycles. The number of hydrazine groups is 1. The second-order valence-electron chi connectivity index (χ2n) is 4.13. The van der Waals surface area contributed by atoms with Crippen molar-refractivity contribution in [2.24, 2.45) is 5.84 Å². The van der Waals surface area contributed by atoms with E-state index in [1.807, 2.05) is 19.9 Å². The van der Waals surface area contributed by atoms with Gasteiger partial charge in [-0.05, 0) is 19.9 Å². The standard InChI is InChI=1S/C12H16N4OS/c1-7(2)4-5-17-10-9-6-8(3)18-11(9)15-12(14-10)16-13/h6H,1,4-5,13H2,2-3H3,(H,14,15,16). The molecule has 0 aliphatic carbocycles. The van der Waals surface area contributed by atoms with Crippen molar-refractivity contribution in [3.8, 4) is 5.88 Å². The van der Waals surface area contributed by atoms with E-state index in [1.165, 1.54) is 4.88 Å². The molecule has 0 aliphatic heterocycles. The summed E-state index contributed by atoms with van der Waals surface area (Å²) in [5, 5.41) is 0.929. The smallest absolute Gasteiger partial charge is 0.241 e. The van der Waals surface area contributed by atoms with Crippen molar-refractivity contribution in [2.45, 2.75) is 20.3 Å². The van der Waals surface area contributed by atoms with Crippen molar-refractivity contribution in [1.29, 1.82) is 0 Å². The largest absolute Gasteiger partial charge is 0.477 e. The first kappa shape index (κ1) is 12.8. The number of aryl methyl sites for hydroxylation is 1. The number of nitrogen functional groups attached to an aromatic ring is 1. The maximum absolute atomic E-state index is 5.69. The normalized spacial score (nSPS) is 10.6. The fourth-order valence-electron chi connectivity index (χ4n) is 1.51. The van der Waals surface area contributed by atoms with Crippen molar-refractivity contribution < 1.29 is 4.74 Å². The van der Waals surface area contributed by atoms with Gasteiger partial charge in [0, 0.05) is 11.3 Å². The molecule has 0 saturated carbocycles. The lowest BCUT2D eigenvalue weighted by molar-refractivity contribution is 0.313. The maximum Gasteiger partial charge on any atom is 0.241 e. The maximum atomic E-state index is 5.69. The highest BCUT2D eigenvalue weighted by atomic mass is 32.1. The molecule has 2 rings (SSSR count). The Labute approximate surface area is 110 Å². The number of ether oxygens (including phenoxy) is 1. The lowest BCUT2D eigenvalue weighted by Crippen LogP contribution is -2.11. The SMILES string of the molecule is C=C(C)CCOc1nc(NN)nc2sc(C)cc12. The highest BCUT2D eigenvalue weighted by Crippen LogP contribution is 2.30. The Morgan fingerprint density at radius 3 is 3.00 bits per heavy atom. The van der Waals surface area contributed by atoms with Gasteiger partial charge in [-0.15, -0.1) is 17.9 Å². The summed E-state index contributed by atoms with van der Waals surface area (Å²) in [5.74, 6) is 6.29. The molecule has 0 spiro atoms. The van der Waals surface area contributed by atoms with Crippen LogP contribution in [0.3, 0.4) is 0 Å². The number of rotatable bonds is 5. The average molecular weight is 264 g/mol. The van der Waals surface area contributed by atoms with Crippen LogP contribution in [0.15, 0.2) is 18.2 Å². The van der Waals surface area contributed by atoms with E-state index in [0.717, 1.165) is 22.2 Å². The van der Waals surface area contributed by atoms with Gasteiger partial charge in [0.1, 0.15) is 4.83 Å². The van der Waals surface area contributed by atoms with E-state index in [4.69, 9.17) is 10.6 Å². The van der Waals surface area contributed by atoms with Crippen molar-refractivity contribution in [3.63, 3.8) is 0 Å². The van der Waals surface area contributed by atoms with E-state index in [0.29, 0.717) is 18.4 Å². The zero-order valence-corrected chi connectivity index (χ0v) is 11.3. The van der Waals surface area contributed by atoms with E-state index < -0.39 is 0 Å². The number of nitrogens with zero attached hydrogens (tertiary/aromatic N) is 2. The Kier molecular flexibility index (Phi) is 3.78. The van der Waals surface area contributed by atoms with Gasteiger partial charge < -0.3 is 4.74 Å². The average Bonchev–Trinajstić information content (AvgIpc) is 2.68. The van der Waals surface area contributed by atoms with E-state index in [9.17, 15) is 0 Å². The molecule has 5 nitrogen and oxygen atoms in total. The third-order valence-electron chi connectivity index (χ3n) is 2.38. The molecular formula is C12H16N4OS. The van der Waals surface area contributed by atoms with Gasteiger partial charge in [0.2, 0.25) is 11.8 Å². The summed E-state index contributed by atoms with van der Waals surface area (Å²) in [5.41, 5.74) is 3.54. The monoisotopic (exact) mass is 264 g/mol. The van der Waals surface area contributed by atoms with Gasteiger partial charge in [0.15, 0.2) is 0 Å². The molecular weight excluding hydrogens is 248 g/mol. The number of thiophene rings is 1. The van der Waals surface area contributed by atoms with Crippen LogP contribution in [0.4, 0.5) is 5.95 Å². The van der Waals surface area contributed by atoms with Crippen LogP contribution in [-0.2, 0) is 0 Å². The highest BCUT2D eigenvalue weighted by Gasteiger charge is 2.11. The van der Waals surface area contributed by atoms with Crippen LogP contribution in [0.1, 0.15) is 18.2 Å². The second kappa shape index (κ2) is 5.32. The Hall–Kier alpha value is -1.66. The van der Waals surface area contributed by atoms with E-state index in [1.54, 1.807) is 11.3 Å². The molecule has 0 radical (unpaired) electrons. The molecule has 18 heavy (non-hydrogen) atoms. The summed E-state index contributed by atoms with van der Waals surface area (Å²) < 4.78 is 5.69. The fourth-order valence-corrected chi connectivity index (χ4v) is 2.38. The number of nitrogens with one attached hydrogen (secondary N) is 1. The number of hydrogen-bond acceptors (Lipinski definition) is 6. The molecule has 0 aromatic carbocycles. The van der Waals surface area contributed by atoms with Crippen molar-refractivity contribution in [3.05, 3.63) is 23.1 Å². The third kappa shape index (κ3) is 2.77. The summed E-state index contributed by atoms with van der Waals surface area (Å²) in [4.78, 5) is 10.6. The van der Waals surface area contributed by atoms with Gasteiger partial charge in [0.05, 0.1) is 12.0 Å². The zero-order valence-electron chi connectivity index (χ0n) is 10.5. The summed E-state index contributed by atoms with van der Waals surface area (Å²) >= 11 is 1.59. The first-order valence-electron chi connectivity index (χ1n) is 5.62. The number of nitrogens with two attached hydrogens (primary N) is 1. The quantitative estimate of drug-likeness (QED) is 0.493. The Morgan fingerprint density at radius 1 is 1.56 bits per heavy atom. The number of fused-ring (bicyclic) bond motifs is 1.